The van der Waals surface area contributed by atoms with Gasteiger partial charge in [0.25, 0.3) is 5.91 Å². The van der Waals surface area contributed by atoms with Crippen LogP contribution >= 0.6 is 27.3 Å². The van der Waals surface area contributed by atoms with Gasteiger partial charge in [-0.05, 0) is 41.2 Å². The molecule has 136 valence electrons. The Hall–Kier alpha value is -1.55. The maximum Gasteiger partial charge on any atom is 0.410 e. The van der Waals surface area contributed by atoms with Crippen LogP contribution < -0.4 is 10.6 Å². The van der Waals surface area contributed by atoms with Gasteiger partial charge in [-0.15, -0.1) is 11.3 Å². The molecule has 1 amide bonds. The molecule has 0 fully saturated rings. The van der Waals surface area contributed by atoms with E-state index in [9.17, 15) is 18.0 Å². The van der Waals surface area contributed by atoms with Gasteiger partial charge in [0, 0.05) is 17.3 Å². The zero-order valence-electron chi connectivity index (χ0n) is 13.4. The fourth-order valence-electron chi connectivity index (χ4n) is 2.74. The Balaban J connectivity index is 2.03. The molecule has 3 rings (SSSR count). The summed E-state index contributed by atoms with van der Waals surface area (Å²) in [4.78, 5) is 13.0. The van der Waals surface area contributed by atoms with E-state index >= 15 is 0 Å². The van der Waals surface area contributed by atoms with Crippen molar-refractivity contribution in [3.8, 4) is 0 Å². The lowest BCUT2D eigenvalue weighted by molar-refractivity contribution is -0.173. The Kier molecular flexibility index (Phi) is 4.84. The lowest BCUT2D eigenvalue weighted by Gasteiger charge is -2.33. The van der Waals surface area contributed by atoms with Gasteiger partial charge < -0.3 is 10.6 Å². The Morgan fingerprint density at radius 1 is 1.52 bits per heavy atom. The Morgan fingerprint density at radius 2 is 2.24 bits per heavy atom. The summed E-state index contributed by atoms with van der Waals surface area (Å²) in [5.74, 6) is -0.347. The highest BCUT2D eigenvalue weighted by atomic mass is 79.9. The zero-order valence-corrected chi connectivity index (χ0v) is 15.8. The molecular formula is C15H16BrF3N4OS. The molecule has 1 aliphatic rings. The number of anilines is 1. The van der Waals surface area contributed by atoms with E-state index in [1.165, 1.54) is 11.3 Å². The number of alkyl halides is 3. The number of hydrogen-bond donors (Lipinski definition) is 2. The number of hydrogen-bond acceptors (Lipinski definition) is 4. The van der Waals surface area contributed by atoms with Crippen molar-refractivity contribution in [1.82, 2.24) is 15.1 Å². The third-order valence-corrected chi connectivity index (χ3v) is 5.55. The van der Waals surface area contributed by atoms with Gasteiger partial charge in [-0.3, -0.25) is 4.79 Å². The minimum Gasteiger partial charge on any atom is -0.362 e. The molecule has 0 spiro atoms. The molecule has 2 aromatic rings. The molecule has 0 aromatic carbocycles. The summed E-state index contributed by atoms with van der Waals surface area (Å²) in [6.45, 7) is 3.54. The highest BCUT2D eigenvalue weighted by Crippen LogP contribution is 2.46. The number of carbonyl (C=O) groups is 1. The Labute approximate surface area is 154 Å². The van der Waals surface area contributed by atoms with Gasteiger partial charge in [0.05, 0.1) is 10.5 Å². The van der Waals surface area contributed by atoms with E-state index in [1.54, 1.807) is 26.0 Å². The fourth-order valence-corrected chi connectivity index (χ4v) is 4.09. The van der Waals surface area contributed by atoms with E-state index in [4.69, 9.17) is 0 Å². The zero-order chi connectivity index (χ0) is 18.4. The van der Waals surface area contributed by atoms with E-state index in [0.29, 0.717) is 0 Å². The summed E-state index contributed by atoms with van der Waals surface area (Å²) < 4.78 is 41.9. The second kappa shape index (κ2) is 6.64. The summed E-state index contributed by atoms with van der Waals surface area (Å²) in [5.41, 5.74) is -0.0581. The number of thiophene rings is 1. The smallest absolute Gasteiger partial charge is 0.362 e. The molecule has 0 saturated heterocycles. The van der Waals surface area contributed by atoms with Crippen molar-refractivity contribution in [2.45, 2.75) is 44.6 Å². The molecule has 10 heteroatoms. The third-order valence-electron chi connectivity index (χ3n) is 3.82. The summed E-state index contributed by atoms with van der Waals surface area (Å²) in [6, 6.07) is 1.15. The molecule has 0 radical (unpaired) electrons. The van der Waals surface area contributed by atoms with Gasteiger partial charge in [0.2, 0.25) is 0 Å². The molecule has 0 bridgehead atoms. The van der Waals surface area contributed by atoms with Crippen LogP contribution in [0.5, 0.6) is 0 Å². The number of fused-ring (bicyclic) bond motifs is 1. The number of halogens is 4. The average Bonchev–Trinajstić information content (AvgIpc) is 3.13. The van der Waals surface area contributed by atoms with Gasteiger partial charge in [0.1, 0.15) is 5.82 Å². The van der Waals surface area contributed by atoms with Crippen LogP contribution in [0.15, 0.2) is 22.0 Å². The fraction of sp³-hybridized carbons (Fsp3) is 0.467. The number of nitrogens with zero attached hydrogens (tertiary/aromatic N) is 2. The topological polar surface area (TPSA) is 59.0 Å². The summed E-state index contributed by atoms with van der Waals surface area (Å²) in [7, 11) is 0. The highest BCUT2D eigenvalue weighted by molar-refractivity contribution is 9.10. The van der Waals surface area contributed by atoms with E-state index in [0.717, 1.165) is 9.56 Å². The predicted octanol–water partition coefficient (Wildman–Crippen LogP) is 4.51. The van der Waals surface area contributed by atoms with E-state index in [-0.39, 0.29) is 28.4 Å². The van der Waals surface area contributed by atoms with Crippen molar-refractivity contribution in [3.63, 3.8) is 0 Å². The van der Waals surface area contributed by atoms with Gasteiger partial charge >= 0.3 is 6.18 Å². The first-order valence-corrected chi connectivity index (χ1v) is 9.31. The lowest BCUT2D eigenvalue weighted by atomic mass is 10.0. The first-order chi connectivity index (χ1) is 11.7. The monoisotopic (exact) mass is 436 g/mol. The average molecular weight is 437 g/mol. The minimum atomic E-state index is -4.47. The number of aromatic nitrogens is 2. The van der Waals surface area contributed by atoms with Crippen LogP contribution in [0.4, 0.5) is 19.0 Å². The Morgan fingerprint density at radius 3 is 2.80 bits per heavy atom. The van der Waals surface area contributed by atoms with Crippen molar-refractivity contribution in [2.75, 3.05) is 5.32 Å². The largest absolute Gasteiger partial charge is 0.410 e. The van der Waals surface area contributed by atoms with E-state index in [2.05, 4.69) is 31.7 Å². The first-order valence-electron chi connectivity index (χ1n) is 7.64. The highest BCUT2D eigenvalue weighted by Gasteiger charge is 2.47. The second-order valence-corrected chi connectivity index (χ2v) is 7.86. The van der Waals surface area contributed by atoms with Crippen LogP contribution in [0.2, 0.25) is 0 Å². The third kappa shape index (κ3) is 3.55. The van der Waals surface area contributed by atoms with Crippen molar-refractivity contribution >= 4 is 39.0 Å². The first kappa shape index (κ1) is 18.2. The molecule has 0 unspecified atom stereocenters. The SMILES string of the molecule is CC(C)NC(=O)c1nn2c(c1Br)N[C@@H](c1cccs1)C[C@@H]2C(F)(F)F. The van der Waals surface area contributed by atoms with Gasteiger partial charge in [-0.1, -0.05) is 6.07 Å². The molecule has 0 saturated carbocycles. The van der Waals surface area contributed by atoms with Crippen LogP contribution in [0.1, 0.15) is 47.7 Å². The van der Waals surface area contributed by atoms with Crippen molar-refractivity contribution in [1.29, 1.82) is 0 Å². The summed E-state index contributed by atoms with van der Waals surface area (Å²) >= 11 is 4.63. The van der Waals surface area contributed by atoms with E-state index in [1.807, 2.05) is 5.38 Å². The van der Waals surface area contributed by atoms with Crippen LogP contribution in [-0.2, 0) is 0 Å². The summed E-state index contributed by atoms with van der Waals surface area (Å²) in [6.07, 6.45) is -4.65. The summed E-state index contributed by atoms with van der Waals surface area (Å²) in [5, 5.41) is 11.5. The quantitative estimate of drug-likeness (QED) is 0.744. The van der Waals surface area contributed by atoms with Crippen LogP contribution in [0.25, 0.3) is 0 Å². The van der Waals surface area contributed by atoms with Crippen molar-refractivity contribution < 1.29 is 18.0 Å². The second-order valence-electron chi connectivity index (χ2n) is 6.09. The number of amides is 1. The molecule has 3 heterocycles. The van der Waals surface area contributed by atoms with Gasteiger partial charge in [-0.25, -0.2) is 4.68 Å². The molecule has 2 aromatic heterocycles. The molecule has 25 heavy (non-hydrogen) atoms. The normalized spacial score (nSPS) is 20.3. The molecule has 0 aliphatic carbocycles. The maximum atomic E-state index is 13.6. The Bertz CT molecular complexity index is 773. The maximum absolute atomic E-state index is 13.6. The van der Waals surface area contributed by atoms with Crippen LogP contribution in [0, 0.1) is 0 Å². The number of rotatable bonds is 3. The molecule has 2 atom stereocenters. The number of nitrogens with one attached hydrogen (secondary N) is 2. The van der Waals surface area contributed by atoms with Crippen LogP contribution in [-0.4, -0.2) is 27.9 Å². The van der Waals surface area contributed by atoms with E-state index < -0.39 is 24.2 Å². The molecule has 5 nitrogen and oxygen atoms in total. The minimum absolute atomic E-state index is 0.0581. The van der Waals surface area contributed by atoms with Crippen molar-refractivity contribution in [2.24, 2.45) is 0 Å². The predicted molar refractivity (Wildman–Crippen MR) is 92.9 cm³/mol. The molecular weight excluding hydrogens is 421 g/mol. The lowest BCUT2D eigenvalue weighted by Crippen LogP contribution is -2.35. The molecule has 2 N–H and O–H groups in total. The number of carbonyl (C=O) groups excluding carboxylic acids is 1. The van der Waals surface area contributed by atoms with Crippen LogP contribution in [0.3, 0.4) is 0 Å². The molecule has 1 aliphatic heterocycles. The van der Waals surface area contributed by atoms with Gasteiger partial charge in [0.15, 0.2) is 11.7 Å². The van der Waals surface area contributed by atoms with Crippen molar-refractivity contribution in [3.05, 3.63) is 32.6 Å². The van der Waals surface area contributed by atoms with Gasteiger partial charge in [-0.2, -0.15) is 18.3 Å². The standard InChI is InChI=1S/C15H16BrF3N4OS/c1-7(2)20-14(24)12-11(16)13-21-8(9-4-3-5-25-9)6-10(15(17,18)19)23(13)22-12/h3-5,7-8,10,21H,6H2,1-2H3,(H,20,24)/t8-,10-/m1/s1.